The molecule has 33 heavy (non-hydrogen) atoms. The number of methoxy groups -OCH3 is 1. The SMILES string of the molecule is COCCC1CCCCN1C(=O)CC1(c2cccc(C(F)(F)F)c2)CC(=O)N(C2CC2)C1=O. The fraction of sp³-hybridized carbons (Fsp3) is 0.625. The molecule has 1 aliphatic carbocycles. The van der Waals surface area contributed by atoms with Crippen LogP contribution >= 0.6 is 0 Å². The van der Waals surface area contributed by atoms with Gasteiger partial charge in [-0.1, -0.05) is 18.2 Å². The second-order valence-electron chi connectivity index (χ2n) is 9.33. The van der Waals surface area contributed by atoms with Crippen molar-refractivity contribution in [2.24, 2.45) is 0 Å². The zero-order valence-corrected chi connectivity index (χ0v) is 18.7. The standard InChI is InChI=1S/C24H29F3N2O4/c1-33-12-10-18-7-2-3-11-28(18)20(30)14-23(15-21(31)29(22(23)32)19-8-9-19)16-5-4-6-17(13-16)24(25,26)27/h4-6,13,18-19H,2-3,7-12,14-15H2,1H3. The second kappa shape index (κ2) is 9.08. The molecule has 2 aliphatic heterocycles. The van der Waals surface area contributed by atoms with E-state index in [0.29, 0.717) is 32.4 Å². The maximum Gasteiger partial charge on any atom is 0.416 e. The van der Waals surface area contributed by atoms with Crippen molar-refractivity contribution in [3.05, 3.63) is 35.4 Å². The van der Waals surface area contributed by atoms with Crippen LogP contribution in [0.4, 0.5) is 13.2 Å². The highest BCUT2D eigenvalue weighted by Gasteiger charge is 2.57. The summed E-state index contributed by atoms with van der Waals surface area (Å²) in [7, 11) is 1.59. The number of halogens is 3. The molecule has 0 bridgehead atoms. The number of amides is 3. The van der Waals surface area contributed by atoms with Crippen molar-refractivity contribution in [3.8, 4) is 0 Å². The van der Waals surface area contributed by atoms with Crippen molar-refractivity contribution < 1.29 is 32.3 Å². The van der Waals surface area contributed by atoms with Crippen molar-refractivity contribution in [3.63, 3.8) is 0 Å². The molecule has 2 saturated heterocycles. The van der Waals surface area contributed by atoms with Crippen LogP contribution in [0.2, 0.25) is 0 Å². The van der Waals surface area contributed by atoms with E-state index in [0.717, 1.165) is 31.4 Å². The van der Waals surface area contributed by atoms with Crippen LogP contribution in [0.1, 0.15) is 62.5 Å². The van der Waals surface area contributed by atoms with Crippen molar-refractivity contribution in [1.82, 2.24) is 9.80 Å². The van der Waals surface area contributed by atoms with Crippen LogP contribution in [0.25, 0.3) is 0 Å². The van der Waals surface area contributed by atoms with Crippen LogP contribution < -0.4 is 0 Å². The minimum absolute atomic E-state index is 0.0449. The van der Waals surface area contributed by atoms with Crippen LogP contribution in [-0.2, 0) is 30.7 Å². The van der Waals surface area contributed by atoms with Crippen molar-refractivity contribution >= 4 is 17.7 Å². The molecule has 0 spiro atoms. The first-order valence-electron chi connectivity index (χ1n) is 11.5. The Bertz CT molecular complexity index is 931. The predicted octanol–water partition coefficient (Wildman–Crippen LogP) is 3.67. The number of piperidine rings is 1. The van der Waals surface area contributed by atoms with Gasteiger partial charge in [-0.15, -0.1) is 0 Å². The summed E-state index contributed by atoms with van der Waals surface area (Å²) in [6.07, 6.45) is -0.549. The van der Waals surface area contributed by atoms with E-state index in [9.17, 15) is 27.6 Å². The second-order valence-corrected chi connectivity index (χ2v) is 9.33. The number of benzene rings is 1. The molecule has 3 aliphatic rings. The Balaban J connectivity index is 1.69. The zero-order chi connectivity index (χ0) is 23.8. The van der Waals surface area contributed by atoms with E-state index in [-0.39, 0.29) is 36.4 Å². The molecule has 9 heteroatoms. The number of ether oxygens (including phenoxy) is 1. The third kappa shape index (κ3) is 4.65. The Kier molecular flexibility index (Phi) is 6.53. The summed E-state index contributed by atoms with van der Waals surface area (Å²) in [6, 6.07) is 4.28. The predicted molar refractivity (Wildman–Crippen MR) is 113 cm³/mol. The van der Waals surface area contributed by atoms with Crippen LogP contribution in [0.5, 0.6) is 0 Å². The molecule has 180 valence electrons. The Hall–Kier alpha value is -2.42. The molecule has 0 N–H and O–H groups in total. The summed E-state index contributed by atoms with van der Waals surface area (Å²) >= 11 is 0. The maximum absolute atomic E-state index is 13.6. The number of alkyl halides is 3. The first-order valence-corrected chi connectivity index (χ1v) is 11.5. The highest BCUT2D eigenvalue weighted by Crippen LogP contribution is 2.46. The highest BCUT2D eigenvalue weighted by molar-refractivity contribution is 6.11. The molecule has 1 aromatic carbocycles. The van der Waals surface area contributed by atoms with Gasteiger partial charge in [-0.3, -0.25) is 19.3 Å². The lowest BCUT2D eigenvalue weighted by Crippen LogP contribution is -2.48. The lowest BCUT2D eigenvalue weighted by Gasteiger charge is -2.38. The Labute approximate surface area is 191 Å². The Morgan fingerprint density at radius 2 is 1.94 bits per heavy atom. The molecule has 6 nitrogen and oxygen atoms in total. The summed E-state index contributed by atoms with van der Waals surface area (Å²) in [5.74, 6) is -1.26. The highest BCUT2D eigenvalue weighted by atomic mass is 19.4. The average Bonchev–Trinajstić information content (AvgIpc) is 3.58. The van der Waals surface area contributed by atoms with E-state index in [1.54, 1.807) is 12.0 Å². The smallest absolute Gasteiger partial charge is 0.385 e. The molecule has 4 rings (SSSR count). The normalized spacial score (nSPS) is 26.2. The quantitative estimate of drug-likeness (QED) is 0.575. The van der Waals surface area contributed by atoms with E-state index >= 15 is 0 Å². The summed E-state index contributed by atoms with van der Waals surface area (Å²) in [5.41, 5.74) is -2.42. The average molecular weight is 467 g/mol. The van der Waals surface area contributed by atoms with Crippen LogP contribution in [0.3, 0.4) is 0 Å². The number of nitrogens with zero attached hydrogens (tertiary/aromatic N) is 2. The lowest BCUT2D eigenvalue weighted by molar-refractivity contribution is -0.144. The van der Waals surface area contributed by atoms with Gasteiger partial charge in [0.1, 0.15) is 0 Å². The summed E-state index contributed by atoms with van der Waals surface area (Å²) in [4.78, 5) is 42.9. The van der Waals surface area contributed by atoms with Gasteiger partial charge < -0.3 is 9.64 Å². The van der Waals surface area contributed by atoms with Gasteiger partial charge in [0.05, 0.1) is 11.0 Å². The summed E-state index contributed by atoms with van der Waals surface area (Å²) < 4.78 is 45.5. The lowest BCUT2D eigenvalue weighted by atomic mass is 9.75. The Morgan fingerprint density at radius 3 is 2.61 bits per heavy atom. The van der Waals surface area contributed by atoms with Gasteiger partial charge in [-0.25, -0.2) is 0 Å². The molecule has 2 heterocycles. The number of imide groups is 1. The minimum Gasteiger partial charge on any atom is -0.385 e. The van der Waals surface area contributed by atoms with Crippen molar-refractivity contribution in [2.45, 2.75) is 75.0 Å². The molecular weight excluding hydrogens is 437 g/mol. The molecule has 2 atom stereocenters. The van der Waals surface area contributed by atoms with Crippen molar-refractivity contribution in [1.29, 1.82) is 0 Å². The molecular formula is C24H29F3N2O4. The molecule has 1 saturated carbocycles. The first kappa shape index (κ1) is 23.7. The van der Waals surface area contributed by atoms with Gasteiger partial charge in [0.2, 0.25) is 17.7 Å². The first-order chi connectivity index (χ1) is 15.7. The summed E-state index contributed by atoms with van der Waals surface area (Å²) in [6.45, 7) is 1.01. The number of hydrogen-bond donors (Lipinski definition) is 0. The van der Waals surface area contributed by atoms with Crippen molar-refractivity contribution in [2.75, 3.05) is 20.3 Å². The number of carbonyl (C=O) groups excluding carboxylic acids is 3. The molecule has 0 radical (unpaired) electrons. The Morgan fingerprint density at radius 1 is 1.18 bits per heavy atom. The van der Waals surface area contributed by atoms with E-state index < -0.39 is 29.0 Å². The van der Waals surface area contributed by atoms with Crippen LogP contribution in [0.15, 0.2) is 24.3 Å². The fourth-order valence-electron chi connectivity index (χ4n) is 5.17. The molecule has 3 fully saturated rings. The largest absolute Gasteiger partial charge is 0.416 e. The van der Waals surface area contributed by atoms with Gasteiger partial charge >= 0.3 is 6.18 Å². The third-order valence-electron chi connectivity index (χ3n) is 7.06. The number of rotatable bonds is 7. The maximum atomic E-state index is 13.6. The van der Waals surface area contributed by atoms with Gasteiger partial charge in [0, 0.05) is 45.2 Å². The van der Waals surface area contributed by atoms with E-state index in [2.05, 4.69) is 0 Å². The van der Waals surface area contributed by atoms with Gasteiger partial charge in [-0.05, 0) is 50.2 Å². The molecule has 0 aromatic heterocycles. The number of likely N-dealkylation sites (tertiary alicyclic amines) is 2. The summed E-state index contributed by atoms with van der Waals surface area (Å²) in [5, 5.41) is 0. The topological polar surface area (TPSA) is 66.9 Å². The van der Waals surface area contributed by atoms with Gasteiger partial charge in [-0.2, -0.15) is 13.2 Å². The molecule has 3 amide bonds. The van der Waals surface area contributed by atoms with E-state index in [1.807, 2.05) is 0 Å². The van der Waals surface area contributed by atoms with Crippen LogP contribution in [-0.4, -0.2) is 59.9 Å². The minimum atomic E-state index is -4.60. The third-order valence-corrected chi connectivity index (χ3v) is 7.06. The van der Waals surface area contributed by atoms with Crippen LogP contribution in [0, 0.1) is 0 Å². The molecule has 2 unspecified atom stereocenters. The number of carbonyl (C=O) groups is 3. The fourth-order valence-corrected chi connectivity index (χ4v) is 5.17. The zero-order valence-electron chi connectivity index (χ0n) is 18.7. The monoisotopic (exact) mass is 466 g/mol. The van der Waals surface area contributed by atoms with Gasteiger partial charge in [0.15, 0.2) is 0 Å². The van der Waals surface area contributed by atoms with E-state index in [4.69, 9.17) is 4.74 Å². The molecule has 1 aromatic rings. The van der Waals surface area contributed by atoms with E-state index in [1.165, 1.54) is 17.0 Å². The van der Waals surface area contributed by atoms with Gasteiger partial charge in [0.25, 0.3) is 0 Å². The number of hydrogen-bond acceptors (Lipinski definition) is 4.